The number of rotatable bonds is 3. The van der Waals surface area contributed by atoms with E-state index in [-0.39, 0.29) is 5.91 Å². The number of likely N-dealkylation sites (tertiary alicyclic amines) is 1. The van der Waals surface area contributed by atoms with Crippen molar-refractivity contribution in [3.63, 3.8) is 0 Å². The van der Waals surface area contributed by atoms with Gasteiger partial charge in [-0.25, -0.2) is 0 Å². The molecule has 0 radical (unpaired) electrons. The van der Waals surface area contributed by atoms with Crippen LogP contribution in [0.15, 0.2) is 41.1 Å². The maximum Gasteiger partial charge on any atom is 0.254 e. The Hall–Kier alpha value is -2.14. The van der Waals surface area contributed by atoms with Crippen LogP contribution in [0.25, 0.3) is 11.1 Å². The third-order valence-corrected chi connectivity index (χ3v) is 4.49. The molecule has 108 valence electrons. The molecule has 5 heteroatoms. The molecule has 1 aliphatic heterocycles. The van der Waals surface area contributed by atoms with Gasteiger partial charge >= 0.3 is 0 Å². The highest BCUT2D eigenvalue weighted by atomic mass is 32.1. The molecule has 0 aliphatic carbocycles. The first-order valence-corrected chi connectivity index (χ1v) is 7.84. The van der Waals surface area contributed by atoms with Crippen LogP contribution in [-0.2, 0) is 4.79 Å². The number of hydrogen-bond donors (Lipinski definition) is 1. The van der Waals surface area contributed by atoms with Crippen molar-refractivity contribution >= 4 is 23.2 Å². The summed E-state index contributed by atoms with van der Waals surface area (Å²) < 4.78 is 0. The van der Waals surface area contributed by atoms with E-state index >= 15 is 0 Å². The van der Waals surface area contributed by atoms with Crippen LogP contribution < -0.4 is 5.73 Å². The molecule has 0 saturated carbocycles. The number of primary amides is 1. The molecule has 4 nitrogen and oxygen atoms in total. The standard InChI is InChI=1S/C16H16N2O2S/c17-15(19)14-5-2-7-18(14)16(20)12-4-1-3-11(9-12)13-6-8-21-10-13/h1,3-4,6,8-10,14H,2,5,7H2,(H2,17,19)/t14-/m1/s1. The SMILES string of the molecule is NC(=O)[C@H]1CCCN1C(=O)c1cccc(-c2ccsc2)c1. The highest BCUT2D eigenvalue weighted by Crippen LogP contribution is 2.25. The van der Waals surface area contributed by atoms with Gasteiger partial charge in [-0.1, -0.05) is 12.1 Å². The topological polar surface area (TPSA) is 63.4 Å². The van der Waals surface area contributed by atoms with Gasteiger partial charge in [-0.05, 0) is 52.9 Å². The molecule has 2 N–H and O–H groups in total. The zero-order valence-corrected chi connectivity index (χ0v) is 12.3. The lowest BCUT2D eigenvalue weighted by atomic mass is 10.0. The number of carbonyl (C=O) groups is 2. The van der Waals surface area contributed by atoms with Crippen LogP contribution in [0.5, 0.6) is 0 Å². The third kappa shape index (κ3) is 2.69. The summed E-state index contributed by atoms with van der Waals surface area (Å²) in [5.41, 5.74) is 8.09. The van der Waals surface area contributed by atoms with Gasteiger partial charge in [-0.2, -0.15) is 11.3 Å². The van der Waals surface area contributed by atoms with Crippen molar-refractivity contribution in [2.24, 2.45) is 5.73 Å². The molecular weight excluding hydrogens is 284 g/mol. The van der Waals surface area contributed by atoms with E-state index in [2.05, 4.69) is 0 Å². The minimum atomic E-state index is -0.470. The van der Waals surface area contributed by atoms with Gasteiger partial charge in [0, 0.05) is 12.1 Å². The van der Waals surface area contributed by atoms with E-state index in [1.54, 1.807) is 22.3 Å². The highest BCUT2D eigenvalue weighted by molar-refractivity contribution is 7.08. The molecule has 1 aliphatic rings. The molecule has 2 heterocycles. The Morgan fingerprint density at radius 3 is 2.81 bits per heavy atom. The fourth-order valence-corrected chi connectivity index (χ4v) is 3.40. The van der Waals surface area contributed by atoms with Crippen LogP contribution in [0.3, 0.4) is 0 Å². The lowest BCUT2D eigenvalue weighted by Gasteiger charge is -2.22. The van der Waals surface area contributed by atoms with Crippen LogP contribution in [0.4, 0.5) is 0 Å². The Kier molecular flexibility index (Phi) is 3.75. The zero-order valence-electron chi connectivity index (χ0n) is 11.5. The van der Waals surface area contributed by atoms with Crippen LogP contribution in [0, 0.1) is 0 Å². The molecule has 1 saturated heterocycles. The molecule has 0 bridgehead atoms. The van der Waals surface area contributed by atoms with Crippen LogP contribution in [-0.4, -0.2) is 29.3 Å². The van der Waals surface area contributed by atoms with Gasteiger partial charge in [0.05, 0.1) is 0 Å². The monoisotopic (exact) mass is 300 g/mol. The van der Waals surface area contributed by atoms with E-state index < -0.39 is 11.9 Å². The highest BCUT2D eigenvalue weighted by Gasteiger charge is 2.33. The second-order valence-corrected chi connectivity index (χ2v) is 5.93. The van der Waals surface area contributed by atoms with Crippen LogP contribution in [0.2, 0.25) is 0 Å². The second kappa shape index (κ2) is 5.69. The van der Waals surface area contributed by atoms with E-state index in [4.69, 9.17) is 5.73 Å². The number of amides is 2. The molecule has 2 aromatic rings. The summed E-state index contributed by atoms with van der Waals surface area (Å²) in [6, 6.07) is 9.07. The van der Waals surface area contributed by atoms with Gasteiger partial charge in [0.1, 0.15) is 6.04 Å². The Bertz CT molecular complexity index is 667. The smallest absolute Gasteiger partial charge is 0.254 e. The quantitative estimate of drug-likeness (QED) is 0.946. The van der Waals surface area contributed by atoms with Crippen molar-refractivity contribution in [1.82, 2.24) is 4.90 Å². The Balaban J connectivity index is 1.88. The van der Waals surface area contributed by atoms with Gasteiger partial charge in [-0.15, -0.1) is 0 Å². The first-order chi connectivity index (χ1) is 10.2. The van der Waals surface area contributed by atoms with Crippen LogP contribution >= 0.6 is 11.3 Å². The summed E-state index contributed by atoms with van der Waals surface area (Å²) in [5, 5.41) is 4.05. The fraction of sp³-hybridized carbons (Fsp3) is 0.250. The Labute approximate surface area is 127 Å². The van der Waals surface area contributed by atoms with Crippen molar-refractivity contribution in [2.45, 2.75) is 18.9 Å². The summed E-state index contributed by atoms with van der Waals surface area (Å²) in [5.74, 6) is -0.539. The van der Waals surface area contributed by atoms with Gasteiger partial charge in [-0.3, -0.25) is 9.59 Å². The molecule has 0 unspecified atom stereocenters. The van der Waals surface area contributed by atoms with E-state index in [9.17, 15) is 9.59 Å². The Morgan fingerprint density at radius 1 is 1.24 bits per heavy atom. The average Bonchev–Trinajstić information content (AvgIpc) is 3.17. The minimum absolute atomic E-state index is 0.117. The summed E-state index contributed by atoms with van der Waals surface area (Å²) in [6.45, 7) is 0.592. The molecule has 3 rings (SSSR count). The second-order valence-electron chi connectivity index (χ2n) is 5.15. The van der Waals surface area contributed by atoms with E-state index in [1.165, 1.54) is 0 Å². The number of benzene rings is 1. The van der Waals surface area contributed by atoms with E-state index in [1.807, 2.05) is 35.0 Å². The normalized spacial score (nSPS) is 17.9. The molecule has 2 amide bonds. The largest absolute Gasteiger partial charge is 0.368 e. The van der Waals surface area contributed by atoms with Crippen molar-refractivity contribution in [2.75, 3.05) is 6.54 Å². The number of nitrogens with two attached hydrogens (primary N) is 1. The predicted octanol–water partition coefficient (Wildman–Crippen LogP) is 2.50. The van der Waals surface area contributed by atoms with Gasteiger partial charge < -0.3 is 10.6 Å². The van der Waals surface area contributed by atoms with Gasteiger partial charge in [0.25, 0.3) is 5.91 Å². The van der Waals surface area contributed by atoms with Crippen LogP contribution in [0.1, 0.15) is 23.2 Å². The first-order valence-electron chi connectivity index (χ1n) is 6.90. The predicted molar refractivity (Wildman–Crippen MR) is 83.0 cm³/mol. The summed E-state index contributed by atoms with van der Waals surface area (Å²) in [6.07, 6.45) is 1.48. The molecule has 21 heavy (non-hydrogen) atoms. The summed E-state index contributed by atoms with van der Waals surface area (Å²) >= 11 is 1.62. The average molecular weight is 300 g/mol. The third-order valence-electron chi connectivity index (χ3n) is 3.81. The maximum atomic E-state index is 12.6. The number of carbonyl (C=O) groups excluding carboxylic acids is 2. The van der Waals surface area contributed by atoms with Gasteiger partial charge in [0.2, 0.25) is 5.91 Å². The summed E-state index contributed by atoms with van der Waals surface area (Å²) in [7, 11) is 0. The maximum absolute atomic E-state index is 12.6. The number of nitrogens with zero attached hydrogens (tertiary/aromatic N) is 1. The van der Waals surface area contributed by atoms with Crippen molar-refractivity contribution in [1.29, 1.82) is 0 Å². The zero-order chi connectivity index (χ0) is 14.8. The molecule has 1 aromatic heterocycles. The lowest BCUT2D eigenvalue weighted by Crippen LogP contribution is -2.43. The fourth-order valence-electron chi connectivity index (χ4n) is 2.73. The minimum Gasteiger partial charge on any atom is -0.368 e. The molecule has 1 fully saturated rings. The van der Waals surface area contributed by atoms with Crippen molar-refractivity contribution in [3.8, 4) is 11.1 Å². The Morgan fingerprint density at radius 2 is 2.10 bits per heavy atom. The van der Waals surface area contributed by atoms with Gasteiger partial charge in [0.15, 0.2) is 0 Å². The summed E-state index contributed by atoms with van der Waals surface area (Å²) in [4.78, 5) is 25.6. The molecular formula is C16H16N2O2S. The van der Waals surface area contributed by atoms with E-state index in [0.29, 0.717) is 18.5 Å². The first kappa shape index (κ1) is 13.8. The molecule has 1 atom stereocenters. The van der Waals surface area contributed by atoms with Crippen molar-refractivity contribution < 1.29 is 9.59 Å². The van der Waals surface area contributed by atoms with E-state index in [0.717, 1.165) is 17.5 Å². The molecule has 1 aromatic carbocycles. The molecule has 0 spiro atoms. The number of hydrogen-bond acceptors (Lipinski definition) is 3. The van der Waals surface area contributed by atoms with Crippen molar-refractivity contribution in [3.05, 3.63) is 46.7 Å². The number of thiophene rings is 1. The lowest BCUT2D eigenvalue weighted by molar-refractivity contribution is -0.121.